The van der Waals surface area contributed by atoms with E-state index in [4.69, 9.17) is 4.99 Å². The number of hydrogen-bond donors (Lipinski definition) is 2. The third-order valence-corrected chi connectivity index (χ3v) is 6.03. The average Bonchev–Trinajstić information content (AvgIpc) is 2.99. The van der Waals surface area contributed by atoms with Crippen LogP contribution in [0.1, 0.15) is 63.0 Å². The van der Waals surface area contributed by atoms with Gasteiger partial charge in [-0.25, -0.2) is 4.99 Å². The van der Waals surface area contributed by atoms with Crippen LogP contribution in [0.25, 0.3) is 0 Å². The molecule has 0 atom stereocenters. The van der Waals surface area contributed by atoms with Crippen molar-refractivity contribution in [1.82, 2.24) is 20.4 Å². The molecular formula is C24H40IN5O. The summed E-state index contributed by atoms with van der Waals surface area (Å²) in [6, 6.07) is 8.72. The van der Waals surface area contributed by atoms with E-state index in [9.17, 15) is 4.79 Å². The minimum absolute atomic E-state index is 0. The molecule has 1 aromatic rings. The Kier molecular flexibility index (Phi) is 12.3. The molecule has 0 bridgehead atoms. The number of carbonyl (C=O) groups is 1. The summed E-state index contributed by atoms with van der Waals surface area (Å²) in [5, 5.41) is 6.78. The van der Waals surface area contributed by atoms with Gasteiger partial charge in [-0.15, -0.1) is 24.0 Å². The minimum Gasteiger partial charge on any atom is -0.357 e. The van der Waals surface area contributed by atoms with Crippen molar-refractivity contribution < 1.29 is 4.79 Å². The van der Waals surface area contributed by atoms with Gasteiger partial charge >= 0.3 is 0 Å². The Morgan fingerprint density at radius 1 is 1.00 bits per heavy atom. The van der Waals surface area contributed by atoms with Crippen LogP contribution >= 0.6 is 24.0 Å². The standard InChI is InChI=1S/C24H39N5O.HI/c1-2-25-24(26-14-10-18-29-17-9-13-23(29)30)27-19-21-11-5-6-12-22(21)20-28-15-7-3-4-8-16-28;/h5-6,11-12H,2-4,7-10,13-20H2,1H3,(H2,25,26,27);1H. The molecule has 0 aliphatic carbocycles. The molecule has 2 aliphatic rings. The summed E-state index contributed by atoms with van der Waals surface area (Å²) >= 11 is 0. The van der Waals surface area contributed by atoms with E-state index in [0.29, 0.717) is 18.9 Å². The van der Waals surface area contributed by atoms with Gasteiger partial charge in [0.25, 0.3) is 0 Å². The lowest BCUT2D eigenvalue weighted by Gasteiger charge is -2.21. The fraction of sp³-hybridized carbons (Fsp3) is 0.667. The van der Waals surface area contributed by atoms with Gasteiger partial charge in [-0.3, -0.25) is 9.69 Å². The zero-order valence-corrected chi connectivity index (χ0v) is 21.4. The number of nitrogens with one attached hydrogen (secondary N) is 2. The molecule has 7 heteroatoms. The molecule has 174 valence electrons. The van der Waals surface area contributed by atoms with Crippen molar-refractivity contribution in [2.24, 2.45) is 4.99 Å². The Morgan fingerprint density at radius 2 is 1.74 bits per heavy atom. The van der Waals surface area contributed by atoms with Gasteiger partial charge in [-0.05, 0) is 56.8 Å². The number of hydrogen-bond acceptors (Lipinski definition) is 3. The zero-order chi connectivity index (χ0) is 21.0. The lowest BCUT2D eigenvalue weighted by molar-refractivity contribution is -0.127. The molecule has 2 aliphatic heterocycles. The van der Waals surface area contributed by atoms with E-state index < -0.39 is 0 Å². The Labute approximate surface area is 205 Å². The Morgan fingerprint density at radius 3 is 2.42 bits per heavy atom. The third-order valence-electron chi connectivity index (χ3n) is 6.03. The van der Waals surface area contributed by atoms with Gasteiger partial charge in [0.05, 0.1) is 6.54 Å². The maximum absolute atomic E-state index is 11.7. The Balaban J connectivity index is 0.00000341. The predicted octanol–water partition coefficient (Wildman–Crippen LogP) is 3.75. The number of rotatable bonds is 9. The lowest BCUT2D eigenvalue weighted by Crippen LogP contribution is -2.39. The molecule has 1 aromatic carbocycles. The molecule has 1 amide bonds. The van der Waals surface area contributed by atoms with Crippen molar-refractivity contribution in [2.45, 2.75) is 65.0 Å². The fourth-order valence-electron chi connectivity index (χ4n) is 4.32. The van der Waals surface area contributed by atoms with E-state index in [2.05, 4.69) is 46.7 Å². The Bertz CT molecular complexity index is 688. The van der Waals surface area contributed by atoms with Gasteiger partial charge in [-0.2, -0.15) is 0 Å². The number of carbonyl (C=O) groups excluding carboxylic acids is 1. The summed E-state index contributed by atoms with van der Waals surface area (Å²) in [5.74, 6) is 1.16. The minimum atomic E-state index is 0. The molecule has 31 heavy (non-hydrogen) atoms. The van der Waals surface area contributed by atoms with E-state index in [1.54, 1.807) is 0 Å². The first-order valence-electron chi connectivity index (χ1n) is 11.9. The molecule has 0 saturated carbocycles. The molecule has 2 saturated heterocycles. The highest BCUT2D eigenvalue weighted by molar-refractivity contribution is 14.0. The van der Waals surface area contributed by atoms with Crippen LogP contribution in [0.4, 0.5) is 0 Å². The quantitative estimate of drug-likeness (QED) is 0.217. The molecule has 0 spiro atoms. The van der Waals surface area contributed by atoms with Crippen molar-refractivity contribution in [1.29, 1.82) is 0 Å². The van der Waals surface area contributed by atoms with Crippen LogP contribution in [0.5, 0.6) is 0 Å². The molecule has 2 fully saturated rings. The fourth-order valence-corrected chi connectivity index (χ4v) is 4.32. The van der Waals surface area contributed by atoms with Crippen molar-refractivity contribution in [3.8, 4) is 0 Å². The highest BCUT2D eigenvalue weighted by Crippen LogP contribution is 2.17. The van der Waals surface area contributed by atoms with E-state index >= 15 is 0 Å². The van der Waals surface area contributed by atoms with Crippen molar-refractivity contribution >= 4 is 35.8 Å². The third kappa shape index (κ3) is 8.96. The summed E-state index contributed by atoms with van der Waals surface area (Å²) in [5.41, 5.74) is 2.70. The number of nitrogens with zero attached hydrogens (tertiary/aromatic N) is 3. The van der Waals surface area contributed by atoms with Crippen LogP contribution in [0, 0.1) is 0 Å². The van der Waals surface area contributed by atoms with Gasteiger partial charge in [0, 0.05) is 39.1 Å². The number of benzene rings is 1. The normalized spacial score (nSPS) is 17.9. The molecule has 3 rings (SSSR count). The molecule has 0 radical (unpaired) electrons. The van der Waals surface area contributed by atoms with Gasteiger partial charge in [0.1, 0.15) is 0 Å². The predicted molar refractivity (Wildman–Crippen MR) is 139 cm³/mol. The molecule has 6 nitrogen and oxygen atoms in total. The second-order valence-electron chi connectivity index (χ2n) is 8.42. The monoisotopic (exact) mass is 541 g/mol. The van der Waals surface area contributed by atoms with E-state index in [1.807, 2.05) is 4.90 Å². The number of likely N-dealkylation sites (tertiary alicyclic amines) is 2. The molecule has 2 heterocycles. The molecule has 0 aromatic heterocycles. The van der Waals surface area contributed by atoms with E-state index in [1.165, 1.54) is 49.9 Å². The summed E-state index contributed by atoms with van der Waals surface area (Å²) in [4.78, 5) is 21.1. The average molecular weight is 542 g/mol. The van der Waals surface area contributed by atoms with Crippen LogP contribution in [0.15, 0.2) is 29.3 Å². The van der Waals surface area contributed by atoms with Gasteiger partial charge in [0.2, 0.25) is 5.91 Å². The van der Waals surface area contributed by atoms with Crippen molar-refractivity contribution in [2.75, 3.05) is 39.3 Å². The summed E-state index contributed by atoms with van der Waals surface area (Å²) < 4.78 is 0. The van der Waals surface area contributed by atoms with Gasteiger partial charge in [-0.1, -0.05) is 37.1 Å². The smallest absolute Gasteiger partial charge is 0.222 e. The van der Waals surface area contributed by atoms with Crippen LogP contribution in [0.2, 0.25) is 0 Å². The second kappa shape index (κ2) is 14.7. The van der Waals surface area contributed by atoms with Crippen LogP contribution in [-0.2, 0) is 17.9 Å². The largest absolute Gasteiger partial charge is 0.357 e. The van der Waals surface area contributed by atoms with Crippen LogP contribution in [-0.4, -0.2) is 60.9 Å². The first-order valence-corrected chi connectivity index (χ1v) is 11.9. The topological polar surface area (TPSA) is 60.0 Å². The maximum Gasteiger partial charge on any atom is 0.222 e. The SMILES string of the molecule is CCNC(=NCc1ccccc1CN1CCCCCC1)NCCCN1CCCC1=O.I. The van der Waals surface area contributed by atoms with Crippen molar-refractivity contribution in [3.63, 3.8) is 0 Å². The van der Waals surface area contributed by atoms with Gasteiger partial charge < -0.3 is 15.5 Å². The first kappa shape index (κ1) is 25.9. The summed E-state index contributed by atoms with van der Waals surface area (Å²) in [6.07, 6.45) is 8.04. The number of halogens is 1. The molecule has 0 unspecified atom stereocenters. The summed E-state index contributed by atoms with van der Waals surface area (Å²) in [6.45, 7) is 9.64. The summed E-state index contributed by atoms with van der Waals surface area (Å²) in [7, 11) is 0. The van der Waals surface area contributed by atoms with E-state index in [0.717, 1.165) is 51.5 Å². The lowest BCUT2D eigenvalue weighted by atomic mass is 10.1. The maximum atomic E-state index is 11.7. The van der Waals surface area contributed by atoms with Gasteiger partial charge in [0.15, 0.2) is 5.96 Å². The van der Waals surface area contributed by atoms with E-state index in [-0.39, 0.29) is 24.0 Å². The zero-order valence-electron chi connectivity index (χ0n) is 19.1. The number of guanidine groups is 1. The highest BCUT2D eigenvalue weighted by Gasteiger charge is 2.19. The number of amides is 1. The molecule has 2 N–H and O–H groups in total. The second-order valence-corrected chi connectivity index (χ2v) is 8.42. The van der Waals surface area contributed by atoms with Crippen LogP contribution in [0.3, 0.4) is 0 Å². The number of aliphatic imine (C=N–C) groups is 1. The molecular weight excluding hydrogens is 501 g/mol. The highest BCUT2D eigenvalue weighted by atomic mass is 127. The Hall–Kier alpha value is -1.35. The first-order chi connectivity index (χ1) is 14.8. The van der Waals surface area contributed by atoms with Crippen LogP contribution < -0.4 is 10.6 Å². The van der Waals surface area contributed by atoms with Crippen molar-refractivity contribution in [3.05, 3.63) is 35.4 Å².